The molecule has 0 saturated heterocycles. The number of thiophene rings is 1. The van der Waals surface area contributed by atoms with E-state index in [9.17, 15) is 14.9 Å². The number of thiazole rings is 1. The number of anilines is 2. The standard InChI is InChI=1S/C23H23N5O4S2/c1-28(2)22-25-12-16(33-22)13-26-23(30)32-15-5-7-17-18(11-24)21(34-19(17)10-15)27-20(29)8-6-14-4-3-9-31-14/h3-4,6,8-9,12,15H,5,7,10,13H2,1-2H3,(H,26,30)(H,27,29)/b8-6+. The van der Waals surface area contributed by atoms with Crippen LogP contribution in [0.4, 0.5) is 14.9 Å². The van der Waals surface area contributed by atoms with E-state index >= 15 is 0 Å². The molecule has 176 valence electrons. The molecule has 0 radical (unpaired) electrons. The summed E-state index contributed by atoms with van der Waals surface area (Å²) in [5.41, 5.74) is 1.39. The van der Waals surface area contributed by atoms with Crippen molar-refractivity contribution < 1.29 is 18.7 Å². The fourth-order valence-corrected chi connectivity index (χ4v) is 5.54. The number of aromatic nitrogens is 1. The van der Waals surface area contributed by atoms with Gasteiger partial charge in [-0.3, -0.25) is 4.79 Å². The van der Waals surface area contributed by atoms with Crippen molar-refractivity contribution in [3.05, 3.63) is 57.3 Å². The van der Waals surface area contributed by atoms with Gasteiger partial charge in [-0.25, -0.2) is 9.78 Å². The summed E-state index contributed by atoms with van der Waals surface area (Å²) in [6.07, 6.45) is 7.13. The molecule has 3 aromatic rings. The number of carbonyl (C=O) groups is 2. The van der Waals surface area contributed by atoms with Crippen LogP contribution < -0.4 is 15.5 Å². The van der Waals surface area contributed by atoms with Crippen molar-refractivity contribution in [2.75, 3.05) is 24.3 Å². The molecule has 2 N–H and O–H groups in total. The van der Waals surface area contributed by atoms with Crippen LogP contribution in [0, 0.1) is 11.3 Å². The van der Waals surface area contributed by atoms with Gasteiger partial charge in [-0.15, -0.1) is 22.7 Å². The minimum Gasteiger partial charge on any atom is -0.465 e. The number of nitriles is 1. The third-order valence-corrected chi connectivity index (χ3v) is 7.45. The highest BCUT2D eigenvalue weighted by Crippen LogP contribution is 2.38. The quantitative estimate of drug-likeness (QED) is 0.470. The van der Waals surface area contributed by atoms with Gasteiger partial charge in [0.2, 0.25) is 5.91 Å². The molecule has 3 heterocycles. The van der Waals surface area contributed by atoms with Gasteiger partial charge in [0, 0.05) is 42.5 Å². The molecule has 0 fully saturated rings. The topological polar surface area (TPSA) is 120 Å². The van der Waals surface area contributed by atoms with Crippen molar-refractivity contribution in [1.82, 2.24) is 10.3 Å². The lowest BCUT2D eigenvalue weighted by molar-refractivity contribution is -0.111. The Bertz CT molecular complexity index is 1240. The van der Waals surface area contributed by atoms with Gasteiger partial charge in [-0.1, -0.05) is 0 Å². The average Bonchev–Trinajstić information content (AvgIpc) is 3.55. The molecule has 4 rings (SSSR count). The lowest BCUT2D eigenvalue weighted by atomic mass is 9.94. The van der Waals surface area contributed by atoms with Crippen molar-refractivity contribution in [2.24, 2.45) is 0 Å². The Balaban J connectivity index is 1.33. The van der Waals surface area contributed by atoms with Crippen LogP contribution in [0.5, 0.6) is 0 Å². The van der Waals surface area contributed by atoms with Crippen LogP contribution in [-0.2, 0) is 28.9 Å². The predicted molar refractivity (Wildman–Crippen MR) is 131 cm³/mol. The second-order valence-corrected chi connectivity index (χ2v) is 9.98. The molecule has 1 atom stereocenters. The fraction of sp³-hybridized carbons (Fsp3) is 0.304. The zero-order valence-electron chi connectivity index (χ0n) is 18.7. The molecular weight excluding hydrogens is 474 g/mol. The van der Waals surface area contributed by atoms with E-state index in [0.717, 1.165) is 20.4 Å². The minimum absolute atomic E-state index is 0.293. The Morgan fingerprint density at radius 3 is 2.97 bits per heavy atom. The second kappa shape index (κ2) is 10.5. The summed E-state index contributed by atoms with van der Waals surface area (Å²) in [4.78, 5) is 32.7. The summed E-state index contributed by atoms with van der Waals surface area (Å²) in [7, 11) is 3.83. The predicted octanol–water partition coefficient (Wildman–Crippen LogP) is 4.17. The van der Waals surface area contributed by atoms with Gasteiger partial charge in [0.25, 0.3) is 0 Å². The Hall–Kier alpha value is -3.62. The van der Waals surface area contributed by atoms with E-state index in [4.69, 9.17) is 9.15 Å². The lowest BCUT2D eigenvalue weighted by Gasteiger charge is -2.22. The molecule has 0 spiro atoms. The first-order chi connectivity index (χ1) is 16.4. The van der Waals surface area contributed by atoms with E-state index in [1.165, 1.54) is 35.0 Å². The molecule has 1 aliphatic carbocycles. The number of alkyl carbamates (subject to hydrolysis) is 1. The Morgan fingerprint density at radius 2 is 2.26 bits per heavy atom. The molecular formula is C23H23N5O4S2. The molecule has 11 heteroatoms. The zero-order valence-corrected chi connectivity index (χ0v) is 20.3. The number of furan rings is 1. The maximum atomic E-state index is 12.3. The van der Waals surface area contributed by atoms with Gasteiger partial charge < -0.3 is 24.7 Å². The Kier molecular flexibility index (Phi) is 7.30. The third kappa shape index (κ3) is 5.65. The Labute approximate surface area is 204 Å². The van der Waals surface area contributed by atoms with Crippen molar-refractivity contribution in [1.29, 1.82) is 5.26 Å². The molecule has 0 bridgehead atoms. The van der Waals surface area contributed by atoms with E-state index in [0.29, 0.717) is 42.1 Å². The van der Waals surface area contributed by atoms with Crippen LogP contribution in [0.1, 0.15) is 33.1 Å². The first-order valence-corrected chi connectivity index (χ1v) is 12.2. The van der Waals surface area contributed by atoms with E-state index in [-0.39, 0.29) is 12.0 Å². The number of nitrogens with zero attached hydrogens (tertiary/aromatic N) is 3. The number of fused-ring (bicyclic) bond motifs is 1. The van der Waals surface area contributed by atoms with Gasteiger partial charge in [-0.05, 0) is 36.6 Å². The van der Waals surface area contributed by atoms with E-state index < -0.39 is 6.09 Å². The molecule has 0 aromatic carbocycles. The smallest absolute Gasteiger partial charge is 0.407 e. The highest BCUT2D eigenvalue weighted by molar-refractivity contribution is 7.16. The summed E-state index contributed by atoms with van der Waals surface area (Å²) in [6.45, 7) is 0.349. The van der Waals surface area contributed by atoms with E-state index in [2.05, 4.69) is 21.7 Å². The van der Waals surface area contributed by atoms with Crippen LogP contribution in [0.15, 0.2) is 35.1 Å². The van der Waals surface area contributed by atoms with Crippen LogP contribution >= 0.6 is 22.7 Å². The van der Waals surface area contributed by atoms with Gasteiger partial charge in [-0.2, -0.15) is 5.26 Å². The van der Waals surface area contributed by atoms with Gasteiger partial charge in [0.05, 0.1) is 18.4 Å². The number of amides is 2. The van der Waals surface area contributed by atoms with Gasteiger partial charge in [0.1, 0.15) is 22.9 Å². The van der Waals surface area contributed by atoms with E-state index in [1.54, 1.807) is 24.4 Å². The van der Waals surface area contributed by atoms with Crippen molar-refractivity contribution in [3.63, 3.8) is 0 Å². The number of hydrogen-bond donors (Lipinski definition) is 2. The van der Waals surface area contributed by atoms with Crippen LogP contribution in [0.2, 0.25) is 0 Å². The third-order valence-electron chi connectivity index (χ3n) is 5.12. The molecule has 1 unspecified atom stereocenters. The summed E-state index contributed by atoms with van der Waals surface area (Å²) in [5.74, 6) is 0.215. The van der Waals surface area contributed by atoms with Crippen molar-refractivity contribution in [2.45, 2.75) is 31.9 Å². The molecule has 9 nitrogen and oxygen atoms in total. The maximum Gasteiger partial charge on any atom is 0.407 e. The van der Waals surface area contributed by atoms with Crippen molar-refractivity contribution in [3.8, 4) is 6.07 Å². The number of carbonyl (C=O) groups excluding carboxylic acids is 2. The number of rotatable bonds is 7. The first-order valence-electron chi connectivity index (χ1n) is 10.6. The zero-order chi connectivity index (χ0) is 24.1. The molecule has 0 saturated carbocycles. The fourth-order valence-electron chi connectivity index (χ4n) is 3.50. The van der Waals surface area contributed by atoms with Crippen LogP contribution in [0.3, 0.4) is 0 Å². The summed E-state index contributed by atoms with van der Waals surface area (Å²) < 4.78 is 10.8. The summed E-state index contributed by atoms with van der Waals surface area (Å²) in [6, 6.07) is 5.68. The lowest BCUT2D eigenvalue weighted by Crippen LogP contribution is -2.31. The largest absolute Gasteiger partial charge is 0.465 e. The van der Waals surface area contributed by atoms with Crippen molar-refractivity contribution >= 4 is 50.9 Å². The van der Waals surface area contributed by atoms with Crippen LogP contribution in [0.25, 0.3) is 6.08 Å². The first kappa shape index (κ1) is 23.5. The molecule has 0 aliphatic heterocycles. The minimum atomic E-state index is -0.484. The Morgan fingerprint density at radius 1 is 1.41 bits per heavy atom. The number of nitrogens with one attached hydrogen (secondary N) is 2. The average molecular weight is 498 g/mol. The highest BCUT2D eigenvalue weighted by Gasteiger charge is 2.28. The second-order valence-electron chi connectivity index (χ2n) is 7.78. The number of hydrogen-bond acceptors (Lipinski definition) is 9. The van der Waals surface area contributed by atoms with E-state index in [1.807, 2.05) is 19.0 Å². The number of ether oxygens (including phenoxy) is 1. The highest BCUT2D eigenvalue weighted by atomic mass is 32.1. The SMILES string of the molecule is CN(C)c1ncc(CNC(=O)OC2CCc3c(sc(NC(=O)/C=C/c4ccco4)c3C#N)C2)s1. The van der Waals surface area contributed by atoms with Crippen LogP contribution in [-0.4, -0.2) is 37.2 Å². The molecule has 1 aliphatic rings. The molecule has 34 heavy (non-hydrogen) atoms. The molecule has 2 amide bonds. The van der Waals surface area contributed by atoms with Gasteiger partial charge in [0.15, 0.2) is 5.13 Å². The van der Waals surface area contributed by atoms with Gasteiger partial charge >= 0.3 is 6.09 Å². The monoisotopic (exact) mass is 497 g/mol. The normalized spacial score (nSPS) is 14.9. The maximum absolute atomic E-state index is 12.3. The summed E-state index contributed by atoms with van der Waals surface area (Å²) >= 11 is 2.85. The molecule has 3 aromatic heterocycles. The summed E-state index contributed by atoms with van der Waals surface area (Å²) in [5, 5.41) is 16.6.